The minimum absolute atomic E-state index is 0.0174. The molecule has 26 heavy (non-hydrogen) atoms. The molecule has 1 saturated carbocycles. The molecule has 1 unspecified atom stereocenters. The van der Waals surface area contributed by atoms with Crippen molar-refractivity contribution in [1.82, 2.24) is 10.2 Å². The Morgan fingerprint density at radius 3 is 2.65 bits per heavy atom. The first-order valence-corrected chi connectivity index (χ1v) is 11.0. The van der Waals surface area contributed by atoms with Crippen molar-refractivity contribution in [3.63, 3.8) is 0 Å². The highest BCUT2D eigenvalue weighted by molar-refractivity contribution is 8.02. The first-order valence-electron chi connectivity index (χ1n) is 9.30. The molecular formula is C19H26N4OS2. The Morgan fingerprint density at radius 2 is 1.96 bits per heavy atom. The summed E-state index contributed by atoms with van der Waals surface area (Å²) in [4.78, 5) is 12.4. The molecule has 140 valence electrons. The van der Waals surface area contributed by atoms with E-state index in [2.05, 4.69) is 27.8 Å². The third-order valence-electron chi connectivity index (χ3n) is 4.62. The number of nitrogens with one attached hydrogen (secondary N) is 2. The number of amides is 1. The van der Waals surface area contributed by atoms with Crippen LogP contribution < -0.4 is 10.6 Å². The molecule has 1 aromatic carbocycles. The highest BCUT2D eigenvalue weighted by Gasteiger charge is 2.19. The maximum Gasteiger partial charge on any atom is 0.237 e. The van der Waals surface area contributed by atoms with Crippen LogP contribution in [0.1, 0.15) is 51.5 Å². The number of rotatable bonds is 7. The van der Waals surface area contributed by atoms with Gasteiger partial charge in [-0.25, -0.2) is 0 Å². The largest absolute Gasteiger partial charge is 0.357 e. The van der Waals surface area contributed by atoms with E-state index in [-0.39, 0.29) is 11.2 Å². The summed E-state index contributed by atoms with van der Waals surface area (Å²) in [6, 6.07) is 8.50. The average molecular weight is 391 g/mol. The van der Waals surface area contributed by atoms with E-state index in [0.717, 1.165) is 21.6 Å². The normalized spacial score (nSPS) is 16.2. The van der Waals surface area contributed by atoms with Gasteiger partial charge in [-0.2, -0.15) is 0 Å². The molecule has 0 saturated heterocycles. The van der Waals surface area contributed by atoms with Crippen molar-refractivity contribution in [2.45, 2.75) is 68.0 Å². The average Bonchev–Trinajstić information content (AvgIpc) is 3.10. The topological polar surface area (TPSA) is 66.9 Å². The number of carbonyl (C=O) groups is 1. The standard InChI is InChI=1S/C19H26N4OS2/c1-3-14-9-11-16(12-10-14)20-17(24)13(2)25-19-23-22-18(26-19)21-15-7-5-4-6-8-15/h9-13,15H,3-8H2,1-2H3,(H,20,24)(H,21,22). The Balaban J connectivity index is 1.50. The Labute approximate surface area is 163 Å². The number of hydrogen-bond donors (Lipinski definition) is 2. The van der Waals surface area contributed by atoms with Gasteiger partial charge in [0, 0.05) is 11.7 Å². The molecule has 0 radical (unpaired) electrons. The van der Waals surface area contributed by atoms with Gasteiger partial charge in [0.1, 0.15) is 0 Å². The van der Waals surface area contributed by atoms with Crippen molar-refractivity contribution in [3.05, 3.63) is 29.8 Å². The molecule has 1 fully saturated rings. The zero-order valence-electron chi connectivity index (χ0n) is 15.3. The van der Waals surface area contributed by atoms with Gasteiger partial charge in [0.15, 0.2) is 4.34 Å². The lowest BCUT2D eigenvalue weighted by molar-refractivity contribution is -0.115. The van der Waals surface area contributed by atoms with Crippen molar-refractivity contribution in [2.24, 2.45) is 0 Å². The molecule has 1 heterocycles. The van der Waals surface area contributed by atoms with Crippen molar-refractivity contribution in [3.8, 4) is 0 Å². The van der Waals surface area contributed by atoms with Gasteiger partial charge in [-0.05, 0) is 43.9 Å². The van der Waals surface area contributed by atoms with E-state index in [9.17, 15) is 4.79 Å². The summed E-state index contributed by atoms with van der Waals surface area (Å²) in [6.07, 6.45) is 7.32. The Bertz CT molecular complexity index is 711. The molecule has 0 aliphatic heterocycles. The highest BCUT2D eigenvalue weighted by Crippen LogP contribution is 2.31. The van der Waals surface area contributed by atoms with E-state index in [0.29, 0.717) is 6.04 Å². The third-order valence-corrected chi connectivity index (χ3v) is 6.65. The molecule has 1 atom stereocenters. The van der Waals surface area contributed by atoms with Crippen molar-refractivity contribution >= 4 is 39.8 Å². The Kier molecular flexibility index (Phi) is 6.91. The fraction of sp³-hybridized carbons (Fsp3) is 0.526. The van der Waals surface area contributed by atoms with Gasteiger partial charge < -0.3 is 10.6 Å². The minimum Gasteiger partial charge on any atom is -0.357 e. The van der Waals surface area contributed by atoms with Crippen LogP contribution in [-0.2, 0) is 11.2 Å². The molecule has 5 nitrogen and oxygen atoms in total. The van der Waals surface area contributed by atoms with Crippen LogP contribution >= 0.6 is 23.1 Å². The van der Waals surface area contributed by atoms with Gasteiger partial charge in [0.25, 0.3) is 0 Å². The smallest absolute Gasteiger partial charge is 0.237 e. The van der Waals surface area contributed by atoms with Crippen LogP contribution in [0.25, 0.3) is 0 Å². The molecule has 0 spiro atoms. The van der Waals surface area contributed by atoms with Crippen LogP contribution in [0.15, 0.2) is 28.6 Å². The SMILES string of the molecule is CCc1ccc(NC(=O)C(C)Sc2nnc(NC3CCCCC3)s2)cc1. The van der Waals surface area contributed by atoms with E-state index in [1.807, 2.05) is 31.2 Å². The number of nitrogens with zero attached hydrogens (tertiary/aromatic N) is 2. The second-order valence-electron chi connectivity index (χ2n) is 6.65. The Hall–Kier alpha value is -1.60. The summed E-state index contributed by atoms with van der Waals surface area (Å²) >= 11 is 2.99. The summed E-state index contributed by atoms with van der Waals surface area (Å²) in [6.45, 7) is 4.02. The maximum atomic E-state index is 12.4. The molecule has 3 rings (SSSR count). The molecule has 1 aliphatic carbocycles. The number of carbonyl (C=O) groups excluding carboxylic acids is 1. The molecule has 0 bridgehead atoms. The fourth-order valence-electron chi connectivity index (χ4n) is 3.01. The lowest BCUT2D eigenvalue weighted by atomic mass is 9.96. The number of aryl methyl sites for hydroxylation is 1. The first kappa shape index (κ1) is 19.2. The molecule has 7 heteroatoms. The van der Waals surface area contributed by atoms with Gasteiger partial charge >= 0.3 is 0 Å². The first-order chi connectivity index (χ1) is 12.6. The van der Waals surface area contributed by atoms with E-state index in [4.69, 9.17) is 0 Å². The van der Waals surface area contributed by atoms with Gasteiger partial charge in [-0.15, -0.1) is 10.2 Å². The zero-order valence-corrected chi connectivity index (χ0v) is 17.0. The molecule has 2 N–H and O–H groups in total. The van der Waals surface area contributed by atoms with Gasteiger partial charge in [-0.3, -0.25) is 4.79 Å². The van der Waals surface area contributed by atoms with Crippen molar-refractivity contribution in [2.75, 3.05) is 10.6 Å². The number of thioether (sulfide) groups is 1. The second kappa shape index (κ2) is 9.37. The highest BCUT2D eigenvalue weighted by atomic mass is 32.2. The summed E-state index contributed by atoms with van der Waals surface area (Å²) in [7, 11) is 0. The molecule has 1 aliphatic rings. The van der Waals surface area contributed by atoms with E-state index < -0.39 is 0 Å². The van der Waals surface area contributed by atoms with Crippen LogP contribution in [0.2, 0.25) is 0 Å². The van der Waals surface area contributed by atoms with Crippen LogP contribution in [-0.4, -0.2) is 27.4 Å². The summed E-state index contributed by atoms with van der Waals surface area (Å²) in [5.41, 5.74) is 2.09. The number of benzene rings is 1. The second-order valence-corrected chi connectivity index (χ2v) is 9.22. The molecule has 2 aromatic rings. The summed E-state index contributed by atoms with van der Waals surface area (Å²) in [5.74, 6) is -0.0174. The van der Waals surface area contributed by atoms with E-state index >= 15 is 0 Å². The van der Waals surface area contributed by atoms with E-state index in [1.165, 1.54) is 60.8 Å². The lowest BCUT2D eigenvalue weighted by Gasteiger charge is -2.21. The van der Waals surface area contributed by atoms with Crippen LogP contribution in [0, 0.1) is 0 Å². The maximum absolute atomic E-state index is 12.4. The third kappa shape index (κ3) is 5.45. The number of hydrogen-bond acceptors (Lipinski definition) is 6. The van der Waals surface area contributed by atoms with Gasteiger partial charge in [0.05, 0.1) is 5.25 Å². The monoisotopic (exact) mass is 390 g/mol. The predicted molar refractivity (Wildman–Crippen MR) is 110 cm³/mol. The van der Waals surface area contributed by atoms with Crippen LogP contribution in [0.5, 0.6) is 0 Å². The van der Waals surface area contributed by atoms with Crippen LogP contribution in [0.3, 0.4) is 0 Å². The quantitative estimate of drug-likeness (QED) is 0.654. The minimum atomic E-state index is -0.226. The Morgan fingerprint density at radius 1 is 1.23 bits per heavy atom. The van der Waals surface area contributed by atoms with Crippen LogP contribution in [0.4, 0.5) is 10.8 Å². The predicted octanol–water partition coefficient (Wildman–Crippen LogP) is 4.96. The molecule has 1 aromatic heterocycles. The number of aromatic nitrogens is 2. The lowest BCUT2D eigenvalue weighted by Crippen LogP contribution is -2.22. The summed E-state index contributed by atoms with van der Waals surface area (Å²) in [5, 5.41) is 15.5. The van der Waals surface area contributed by atoms with Crippen molar-refractivity contribution < 1.29 is 4.79 Å². The fourth-order valence-corrected chi connectivity index (χ4v) is 4.98. The number of anilines is 2. The molecule has 1 amide bonds. The summed E-state index contributed by atoms with van der Waals surface area (Å²) < 4.78 is 0.826. The van der Waals surface area contributed by atoms with Crippen molar-refractivity contribution in [1.29, 1.82) is 0 Å². The molecular weight excluding hydrogens is 364 g/mol. The van der Waals surface area contributed by atoms with Gasteiger partial charge in [-0.1, -0.05) is 61.4 Å². The zero-order chi connectivity index (χ0) is 18.4. The van der Waals surface area contributed by atoms with Gasteiger partial charge in [0.2, 0.25) is 11.0 Å². The van der Waals surface area contributed by atoms with E-state index in [1.54, 1.807) is 0 Å².